The molecule has 3 atom stereocenters. The molecule has 1 aromatic rings. The van der Waals surface area contributed by atoms with Crippen molar-refractivity contribution in [2.24, 2.45) is 0 Å². The first-order valence-corrected chi connectivity index (χ1v) is 10.7. The average Bonchev–Trinajstić information content (AvgIpc) is 2.78. The number of rotatable bonds is 8. The molecule has 0 spiro atoms. The number of ketones is 1. The van der Waals surface area contributed by atoms with E-state index in [0.29, 0.717) is 28.0 Å². The maximum absolute atomic E-state index is 13.0. The number of carboxylic acid groups (broad SMARTS) is 2. The Morgan fingerprint density at radius 2 is 1.74 bits per heavy atom. The van der Waals surface area contributed by atoms with Crippen LogP contribution in [0, 0.1) is 0 Å². The second-order valence-electron chi connectivity index (χ2n) is 7.42. The van der Waals surface area contributed by atoms with Crippen LogP contribution in [0.3, 0.4) is 0 Å². The van der Waals surface area contributed by atoms with Crippen LogP contribution in [0.25, 0.3) is 0 Å². The molecule has 34 heavy (non-hydrogen) atoms. The van der Waals surface area contributed by atoms with Gasteiger partial charge in [-0.05, 0) is 24.6 Å². The number of carboxylic acids is 2. The largest absolute Gasteiger partial charge is 0.497 e. The molecule has 180 valence electrons. The molecule has 0 bridgehead atoms. The van der Waals surface area contributed by atoms with Gasteiger partial charge in [0.1, 0.15) is 28.7 Å². The minimum absolute atomic E-state index is 0.287. The smallest absolute Gasteiger partial charge is 0.355 e. The van der Waals surface area contributed by atoms with Crippen LogP contribution in [0.2, 0.25) is 0 Å². The number of nitrogens with one attached hydrogen (secondary N) is 1. The molecule has 2 aliphatic rings. The first-order chi connectivity index (χ1) is 15.9. The number of amides is 2. The van der Waals surface area contributed by atoms with E-state index in [1.807, 2.05) is 0 Å². The molecule has 2 amide bonds. The predicted molar refractivity (Wildman–Crippen MR) is 114 cm³/mol. The maximum Gasteiger partial charge on any atom is 0.355 e. The lowest BCUT2D eigenvalue weighted by Crippen LogP contribution is -2.83. The maximum atomic E-state index is 13.0. The fourth-order valence-electron chi connectivity index (χ4n) is 3.69. The number of β-lactam (4-membered cyclic amide) rings is 1. The Balaban J connectivity index is 2.02. The van der Waals surface area contributed by atoms with E-state index in [2.05, 4.69) is 5.32 Å². The van der Waals surface area contributed by atoms with E-state index in [-0.39, 0.29) is 6.61 Å². The second-order valence-corrected chi connectivity index (χ2v) is 8.61. The molecule has 2 unspecified atom stereocenters. The number of aliphatic carboxylic acids is 2. The number of carbonyl (C=O) groups excluding carboxylic acids is 4. The van der Waals surface area contributed by atoms with Gasteiger partial charge in [0.25, 0.3) is 5.91 Å². The lowest BCUT2D eigenvalue weighted by atomic mass is 9.85. The molecule has 0 aliphatic carbocycles. The highest BCUT2D eigenvalue weighted by Gasteiger charge is 2.72. The van der Waals surface area contributed by atoms with Crippen LogP contribution in [0.15, 0.2) is 35.5 Å². The second kappa shape index (κ2) is 9.17. The SMILES string of the molecule is COc1ccc(COC(=O)C2=C(C(C)=O)C(C(=O)O)S[C@@H]3N2C(=O)C3(NC(C)=O)C(=O)O)cc1. The first-order valence-electron chi connectivity index (χ1n) is 9.74. The van der Waals surface area contributed by atoms with Gasteiger partial charge in [0.2, 0.25) is 11.4 Å². The summed E-state index contributed by atoms with van der Waals surface area (Å²) in [7, 11) is 1.48. The molecule has 2 heterocycles. The van der Waals surface area contributed by atoms with E-state index in [9.17, 15) is 39.0 Å². The third-order valence-electron chi connectivity index (χ3n) is 5.22. The minimum Gasteiger partial charge on any atom is -0.497 e. The van der Waals surface area contributed by atoms with Crippen LogP contribution >= 0.6 is 11.8 Å². The third kappa shape index (κ3) is 3.98. The molecular weight excluding hydrogens is 472 g/mol. The number of methoxy groups -OCH3 is 1. The molecule has 1 aromatic carbocycles. The quantitative estimate of drug-likeness (QED) is 0.251. The molecule has 0 aromatic heterocycles. The topological polar surface area (TPSA) is 177 Å². The summed E-state index contributed by atoms with van der Waals surface area (Å²) in [6.45, 7) is 1.72. The van der Waals surface area contributed by atoms with Gasteiger partial charge in [0, 0.05) is 6.92 Å². The van der Waals surface area contributed by atoms with E-state index in [0.717, 1.165) is 13.8 Å². The Labute approximate surface area is 196 Å². The number of esters is 1. The van der Waals surface area contributed by atoms with Crippen LogP contribution in [0.5, 0.6) is 5.75 Å². The molecule has 0 saturated carbocycles. The number of fused-ring (bicyclic) bond motifs is 1. The van der Waals surface area contributed by atoms with E-state index in [1.165, 1.54) is 7.11 Å². The summed E-state index contributed by atoms with van der Waals surface area (Å²) in [4.78, 5) is 74.7. The molecule has 1 fully saturated rings. The van der Waals surface area contributed by atoms with Crippen molar-refractivity contribution in [1.29, 1.82) is 0 Å². The number of ether oxygens (including phenoxy) is 2. The third-order valence-corrected chi connectivity index (χ3v) is 6.75. The first kappa shape index (κ1) is 24.8. The zero-order chi connectivity index (χ0) is 25.4. The Morgan fingerprint density at radius 3 is 2.21 bits per heavy atom. The number of nitrogens with zero attached hydrogens (tertiary/aromatic N) is 1. The molecule has 0 radical (unpaired) electrons. The van der Waals surface area contributed by atoms with Crippen LogP contribution < -0.4 is 10.1 Å². The zero-order valence-electron chi connectivity index (χ0n) is 18.2. The van der Waals surface area contributed by atoms with Gasteiger partial charge >= 0.3 is 17.9 Å². The van der Waals surface area contributed by atoms with E-state index in [4.69, 9.17) is 9.47 Å². The van der Waals surface area contributed by atoms with E-state index >= 15 is 0 Å². The number of hydrogen-bond donors (Lipinski definition) is 3. The van der Waals surface area contributed by atoms with E-state index < -0.39 is 62.9 Å². The molecule has 1 saturated heterocycles. The standard InChI is InChI=1S/C21H20N2O10S/c1-9(24)13-14(17(28)33-8-11-4-6-12(32-3)7-5-11)23-18(29)21(20(30)31,22-10(2)25)19(23)34-15(13)16(26)27/h4-7,15,19H,8H2,1-3H3,(H,22,25)(H,26,27)(H,30,31)/t15?,19-,21?/m0/s1. The number of hydrogen-bond acceptors (Lipinski definition) is 9. The Bertz CT molecular complexity index is 1130. The molecule has 2 aliphatic heterocycles. The van der Waals surface area contributed by atoms with Gasteiger partial charge in [0.15, 0.2) is 5.78 Å². The lowest BCUT2D eigenvalue weighted by molar-refractivity contribution is -0.173. The fourth-order valence-corrected chi connectivity index (χ4v) is 5.26. The molecule has 13 heteroatoms. The normalized spacial score (nSPS) is 23.4. The monoisotopic (exact) mass is 492 g/mol. The molecular formula is C21H20N2O10S. The van der Waals surface area contributed by atoms with Crippen molar-refractivity contribution in [1.82, 2.24) is 10.2 Å². The van der Waals surface area contributed by atoms with Gasteiger partial charge in [-0.15, -0.1) is 11.8 Å². The number of benzene rings is 1. The Morgan fingerprint density at radius 1 is 1.12 bits per heavy atom. The summed E-state index contributed by atoms with van der Waals surface area (Å²) in [6, 6.07) is 6.44. The Kier molecular flexibility index (Phi) is 6.68. The Hall–Kier alpha value is -3.87. The number of thioether (sulfide) groups is 1. The van der Waals surface area contributed by atoms with Gasteiger partial charge in [-0.25, -0.2) is 9.59 Å². The van der Waals surface area contributed by atoms with Crippen LogP contribution in [0.4, 0.5) is 0 Å². The van der Waals surface area contributed by atoms with Crippen molar-refractivity contribution in [3.05, 3.63) is 41.1 Å². The van der Waals surface area contributed by atoms with Crippen molar-refractivity contribution in [2.75, 3.05) is 7.11 Å². The summed E-state index contributed by atoms with van der Waals surface area (Å²) in [5.41, 5.74) is -3.15. The number of Topliss-reactive ketones (excluding diaryl/α,β-unsaturated/α-hetero) is 1. The average molecular weight is 492 g/mol. The predicted octanol–water partition coefficient (Wildman–Crippen LogP) is -0.0907. The van der Waals surface area contributed by atoms with Crippen molar-refractivity contribution in [3.63, 3.8) is 0 Å². The van der Waals surface area contributed by atoms with Crippen LogP contribution in [0.1, 0.15) is 19.4 Å². The highest BCUT2D eigenvalue weighted by Crippen LogP contribution is 2.49. The van der Waals surface area contributed by atoms with Gasteiger partial charge in [0.05, 0.1) is 12.7 Å². The van der Waals surface area contributed by atoms with Gasteiger partial charge in [-0.3, -0.25) is 24.1 Å². The van der Waals surface area contributed by atoms with Crippen LogP contribution in [-0.4, -0.2) is 73.9 Å². The summed E-state index contributed by atoms with van der Waals surface area (Å²) in [6.07, 6.45) is 0. The zero-order valence-corrected chi connectivity index (χ0v) is 19.0. The van der Waals surface area contributed by atoms with Crippen molar-refractivity contribution < 1.29 is 48.5 Å². The summed E-state index contributed by atoms with van der Waals surface area (Å²) in [5, 5.41) is 18.3. The van der Waals surface area contributed by atoms with Crippen molar-refractivity contribution >= 4 is 47.3 Å². The van der Waals surface area contributed by atoms with Gasteiger partial charge in [-0.1, -0.05) is 12.1 Å². The molecule has 12 nitrogen and oxygen atoms in total. The highest BCUT2D eigenvalue weighted by atomic mass is 32.2. The minimum atomic E-state index is -2.51. The summed E-state index contributed by atoms with van der Waals surface area (Å²) >= 11 is 0.456. The van der Waals surface area contributed by atoms with Crippen LogP contribution in [-0.2, 0) is 40.1 Å². The van der Waals surface area contributed by atoms with Crippen molar-refractivity contribution in [3.8, 4) is 5.75 Å². The summed E-state index contributed by atoms with van der Waals surface area (Å²) in [5.74, 6) is -6.76. The number of carbonyl (C=O) groups is 6. The highest BCUT2D eigenvalue weighted by molar-refractivity contribution is 8.01. The van der Waals surface area contributed by atoms with Gasteiger partial charge < -0.3 is 25.0 Å². The van der Waals surface area contributed by atoms with Crippen molar-refractivity contribution in [2.45, 2.75) is 36.6 Å². The fraction of sp³-hybridized carbons (Fsp3) is 0.333. The summed E-state index contributed by atoms with van der Waals surface area (Å²) < 4.78 is 10.3. The molecule has 3 rings (SSSR count). The molecule has 3 N–H and O–H groups in total. The lowest BCUT2D eigenvalue weighted by Gasteiger charge is -2.55. The van der Waals surface area contributed by atoms with Gasteiger partial charge in [-0.2, -0.15) is 0 Å². The van der Waals surface area contributed by atoms with E-state index in [1.54, 1.807) is 24.3 Å².